The van der Waals surface area contributed by atoms with E-state index in [9.17, 15) is 4.79 Å². The Bertz CT molecular complexity index is 923. The fourth-order valence-electron chi connectivity index (χ4n) is 2.20. The molecule has 0 radical (unpaired) electrons. The SMILES string of the molecule is O=C(C=Cc1ccc(Cl)c(Cl)c1)Nc1ccc(Oc2ccccc2)cc1. The van der Waals surface area contributed by atoms with E-state index in [4.69, 9.17) is 27.9 Å². The van der Waals surface area contributed by atoms with E-state index in [2.05, 4.69) is 5.32 Å². The first-order chi connectivity index (χ1) is 12.6. The zero-order chi connectivity index (χ0) is 18.4. The number of carbonyl (C=O) groups is 1. The summed E-state index contributed by atoms with van der Waals surface area (Å²) in [7, 11) is 0. The highest BCUT2D eigenvalue weighted by Gasteiger charge is 2.01. The third-order valence-electron chi connectivity index (χ3n) is 3.47. The Hall–Kier alpha value is -2.75. The molecule has 130 valence electrons. The second-order valence-electron chi connectivity index (χ2n) is 5.44. The number of hydrogen-bond donors (Lipinski definition) is 1. The maximum Gasteiger partial charge on any atom is 0.248 e. The zero-order valence-corrected chi connectivity index (χ0v) is 15.2. The van der Waals surface area contributed by atoms with Gasteiger partial charge in [-0.15, -0.1) is 0 Å². The van der Waals surface area contributed by atoms with Gasteiger partial charge in [-0.1, -0.05) is 47.5 Å². The molecule has 0 aliphatic rings. The average molecular weight is 384 g/mol. The number of nitrogens with one attached hydrogen (secondary N) is 1. The number of para-hydroxylation sites is 1. The highest BCUT2D eigenvalue weighted by molar-refractivity contribution is 6.42. The van der Waals surface area contributed by atoms with E-state index in [1.165, 1.54) is 6.08 Å². The van der Waals surface area contributed by atoms with Crippen molar-refractivity contribution in [2.45, 2.75) is 0 Å². The van der Waals surface area contributed by atoms with Crippen LogP contribution in [0.25, 0.3) is 6.08 Å². The molecule has 0 unspecified atom stereocenters. The van der Waals surface area contributed by atoms with E-state index < -0.39 is 0 Å². The van der Waals surface area contributed by atoms with Gasteiger partial charge < -0.3 is 10.1 Å². The molecule has 1 N–H and O–H groups in total. The summed E-state index contributed by atoms with van der Waals surface area (Å²) in [6.45, 7) is 0. The highest BCUT2D eigenvalue weighted by Crippen LogP contribution is 2.24. The molecule has 0 aromatic heterocycles. The number of amides is 1. The van der Waals surface area contributed by atoms with Crippen LogP contribution in [-0.4, -0.2) is 5.91 Å². The van der Waals surface area contributed by atoms with Crippen molar-refractivity contribution in [2.75, 3.05) is 5.32 Å². The van der Waals surface area contributed by atoms with E-state index in [0.29, 0.717) is 21.5 Å². The first-order valence-corrected chi connectivity index (χ1v) is 8.63. The minimum Gasteiger partial charge on any atom is -0.457 e. The molecule has 0 spiro atoms. The van der Waals surface area contributed by atoms with Crippen molar-refractivity contribution in [1.29, 1.82) is 0 Å². The molecule has 0 bridgehead atoms. The lowest BCUT2D eigenvalue weighted by atomic mass is 10.2. The second-order valence-corrected chi connectivity index (χ2v) is 6.25. The first-order valence-electron chi connectivity index (χ1n) is 7.87. The maximum absolute atomic E-state index is 12.0. The lowest BCUT2D eigenvalue weighted by Gasteiger charge is -2.07. The van der Waals surface area contributed by atoms with Gasteiger partial charge in [0.25, 0.3) is 0 Å². The van der Waals surface area contributed by atoms with Crippen LogP contribution in [0.4, 0.5) is 5.69 Å². The molecule has 0 heterocycles. The van der Waals surface area contributed by atoms with E-state index in [0.717, 1.165) is 11.3 Å². The van der Waals surface area contributed by atoms with Gasteiger partial charge in [0.15, 0.2) is 0 Å². The van der Waals surface area contributed by atoms with Crippen LogP contribution in [0.5, 0.6) is 11.5 Å². The molecule has 3 rings (SSSR count). The fraction of sp³-hybridized carbons (Fsp3) is 0. The third-order valence-corrected chi connectivity index (χ3v) is 4.21. The summed E-state index contributed by atoms with van der Waals surface area (Å²) >= 11 is 11.8. The van der Waals surface area contributed by atoms with Gasteiger partial charge in [-0.05, 0) is 60.2 Å². The van der Waals surface area contributed by atoms with Crippen LogP contribution in [0.1, 0.15) is 5.56 Å². The monoisotopic (exact) mass is 383 g/mol. The lowest BCUT2D eigenvalue weighted by molar-refractivity contribution is -0.111. The Morgan fingerprint density at radius 2 is 1.54 bits per heavy atom. The standard InChI is InChI=1S/C21H15Cl2NO2/c22-19-12-6-15(14-20(19)23)7-13-21(25)24-16-8-10-18(11-9-16)26-17-4-2-1-3-5-17/h1-14H,(H,24,25). The van der Waals surface area contributed by atoms with E-state index in [1.807, 2.05) is 30.3 Å². The topological polar surface area (TPSA) is 38.3 Å². The average Bonchev–Trinajstić information content (AvgIpc) is 2.65. The second kappa shape index (κ2) is 8.56. The Morgan fingerprint density at radius 1 is 0.846 bits per heavy atom. The minimum atomic E-state index is -0.243. The van der Waals surface area contributed by atoms with E-state index >= 15 is 0 Å². The number of hydrogen-bond acceptors (Lipinski definition) is 2. The van der Waals surface area contributed by atoms with Crippen molar-refractivity contribution < 1.29 is 9.53 Å². The molecule has 0 saturated carbocycles. The smallest absolute Gasteiger partial charge is 0.248 e. The predicted octanol–water partition coefficient (Wildman–Crippen LogP) is 6.44. The van der Waals surface area contributed by atoms with E-state index in [1.54, 1.807) is 48.5 Å². The van der Waals surface area contributed by atoms with Gasteiger partial charge in [0.2, 0.25) is 5.91 Å². The summed E-state index contributed by atoms with van der Waals surface area (Å²) in [5, 5.41) is 3.71. The van der Waals surface area contributed by atoms with E-state index in [-0.39, 0.29) is 5.91 Å². The van der Waals surface area contributed by atoms with Gasteiger partial charge in [0.1, 0.15) is 11.5 Å². The Morgan fingerprint density at radius 3 is 2.23 bits per heavy atom. The number of anilines is 1. The van der Waals surface area contributed by atoms with Crippen molar-refractivity contribution in [3.8, 4) is 11.5 Å². The van der Waals surface area contributed by atoms with Crippen LogP contribution >= 0.6 is 23.2 Å². The summed E-state index contributed by atoms with van der Waals surface area (Å²) in [4.78, 5) is 12.0. The molecule has 0 aliphatic heterocycles. The van der Waals surface area contributed by atoms with Gasteiger partial charge in [0.05, 0.1) is 10.0 Å². The molecular weight excluding hydrogens is 369 g/mol. The molecule has 1 amide bonds. The number of ether oxygens (including phenoxy) is 1. The summed E-state index contributed by atoms with van der Waals surface area (Å²) < 4.78 is 5.71. The number of rotatable bonds is 5. The fourth-order valence-corrected chi connectivity index (χ4v) is 2.51. The normalized spacial score (nSPS) is 10.7. The third kappa shape index (κ3) is 5.12. The van der Waals surface area contributed by atoms with Crippen LogP contribution in [0.15, 0.2) is 78.9 Å². The summed E-state index contributed by atoms with van der Waals surface area (Å²) in [5.74, 6) is 1.21. The molecule has 3 aromatic rings. The van der Waals surface area contributed by atoms with Crippen molar-refractivity contribution >= 4 is 40.9 Å². The Kier molecular flexibility index (Phi) is 5.95. The zero-order valence-electron chi connectivity index (χ0n) is 13.7. The quantitative estimate of drug-likeness (QED) is 0.514. The van der Waals surface area contributed by atoms with Gasteiger partial charge in [0, 0.05) is 11.8 Å². The van der Waals surface area contributed by atoms with Crippen LogP contribution in [0.2, 0.25) is 10.0 Å². The highest BCUT2D eigenvalue weighted by atomic mass is 35.5. The molecule has 3 nitrogen and oxygen atoms in total. The van der Waals surface area contributed by atoms with Gasteiger partial charge >= 0.3 is 0 Å². The largest absolute Gasteiger partial charge is 0.457 e. The van der Waals surface area contributed by atoms with Crippen LogP contribution in [-0.2, 0) is 4.79 Å². The number of benzene rings is 3. The molecule has 0 saturated heterocycles. The molecule has 0 aliphatic carbocycles. The maximum atomic E-state index is 12.0. The van der Waals surface area contributed by atoms with Crippen LogP contribution in [0, 0.1) is 0 Å². The molecule has 0 atom stereocenters. The molecular formula is C21H15Cl2NO2. The summed E-state index contributed by atoms with van der Waals surface area (Å²) in [6.07, 6.45) is 3.11. The summed E-state index contributed by atoms with van der Waals surface area (Å²) in [6, 6.07) is 21.8. The number of carbonyl (C=O) groups excluding carboxylic acids is 1. The van der Waals surface area contributed by atoms with Crippen LogP contribution in [0.3, 0.4) is 0 Å². The van der Waals surface area contributed by atoms with Crippen molar-refractivity contribution in [3.63, 3.8) is 0 Å². The predicted molar refractivity (Wildman–Crippen MR) is 107 cm³/mol. The molecule has 0 fully saturated rings. The van der Waals surface area contributed by atoms with Gasteiger partial charge in [-0.25, -0.2) is 0 Å². The van der Waals surface area contributed by atoms with Gasteiger partial charge in [-0.2, -0.15) is 0 Å². The molecule has 5 heteroatoms. The number of halogens is 2. The first kappa shape index (κ1) is 18.1. The minimum absolute atomic E-state index is 0.243. The van der Waals surface area contributed by atoms with Crippen molar-refractivity contribution in [3.05, 3.63) is 94.5 Å². The molecule has 3 aromatic carbocycles. The van der Waals surface area contributed by atoms with Gasteiger partial charge in [-0.3, -0.25) is 4.79 Å². The van der Waals surface area contributed by atoms with Crippen LogP contribution < -0.4 is 10.1 Å². The van der Waals surface area contributed by atoms with Crippen molar-refractivity contribution in [2.24, 2.45) is 0 Å². The lowest BCUT2D eigenvalue weighted by Crippen LogP contribution is -2.07. The van der Waals surface area contributed by atoms with Crippen molar-refractivity contribution in [1.82, 2.24) is 0 Å². The Balaban J connectivity index is 1.58. The molecule has 26 heavy (non-hydrogen) atoms. The Labute approximate surface area is 161 Å². The summed E-state index contributed by atoms with van der Waals surface area (Å²) in [5.41, 5.74) is 1.47.